The van der Waals surface area contributed by atoms with E-state index in [2.05, 4.69) is 198 Å². The minimum absolute atomic E-state index is 0.0546. The molecule has 0 bridgehead atoms. The maximum Gasteiger partial charge on any atom is 0.161 e. The van der Waals surface area contributed by atoms with Crippen LogP contribution < -0.4 is 0 Å². The van der Waals surface area contributed by atoms with Gasteiger partial charge in [-0.25, -0.2) is 9.97 Å². The van der Waals surface area contributed by atoms with Crippen molar-refractivity contribution < 1.29 is 0 Å². The standard InChI is InChI=1S/C54H40N2/c1-53(2)44-23-13-12-21-40(44)43-31-35(26-29-45(43)53)49-32-48(34-16-6-5-7-17-34)55-52(56-49)42-28-27-39(37-19-10-11-20-38(37)42)41-22-14-24-46-51(41)50-36-18-9-8-15-33(36)25-30-47(50)54(46,3)4/h5-32H,1-4H3. The molecule has 1 aromatic heterocycles. The highest BCUT2D eigenvalue weighted by molar-refractivity contribution is 6.11. The zero-order valence-corrected chi connectivity index (χ0v) is 32.1. The molecule has 0 atom stereocenters. The van der Waals surface area contributed by atoms with Gasteiger partial charge in [-0.15, -0.1) is 0 Å². The summed E-state index contributed by atoms with van der Waals surface area (Å²) < 4.78 is 0. The van der Waals surface area contributed by atoms with Crippen molar-refractivity contribution in [1.29, 1.82) is 0 Å². The van der Waals surface area contributed by atoms with Gasteiger partial charge in [0.2, 0.25) is 0 Å². The molecule has 1 heterocycles. The molecule has 9 aromatic rings. The van der Waals surface area contributed by atoms with Crippen molar-refractivity contribution in [2.24, 2.45) is 0 Å². The molecule has 0 N–H and O–H groups in total. The van der Waals surface area contributed by atoms with Crippen LogP contribution in [0.2, 0.25) is 0 Å². The molecule has 0 spiro atoms. The molecule has 0 radical (unpaired) electrons. The lowest BCUT2D eigenvalue weighted by Gasteiger charge is -2.22. The van der Waals surface area contributed by atoms with Gasteiger partial charge in [0.05, 0.1) is 11.4 Å². The predicted molar refractivity (Wildman–Crippen MR) is 234 cm³/mol. The van der Waals surface area contributed by atoms with Crippen molar-refractivity contribution in [2.75, 3.05) is 0 Å². The van der Waals surface area contributed by atoms with E-state index in [0.29, 0.717) is 0 Å². The molecule has 11 rings (SSSR count). The lowest BCUT2D eigenvalue weighted by atomic mass is 9.81. The summed E-state index contributed by atoms with van der Waals surface area (Å²) in [5.41, 5.74) is 18.1. The van der Waals surface area contributed by atoms with E-state index in [9.17, 15) is 0 Å². The van der Waals surface area contributed by atoms with E-state index >= 15 is 0 Å². The topological polar surface area (TPSA) is 25.8 Å². The number of hydrogen-bond donors (Lipinski definition) is 0. The lowest BCUT2D eigenvalue weighted by molar-refractivity contribution is 0.660. The third-order valence-corrected chi connectivity index (χ3v) is 12.7. The summed E-state index contributed by atoms with van der Waals surface area (Å²) in [6.45, 7) is 9.39. The molecule has 0 aliphatic heterocycles. The van der Waals surface area contributed by atoms with E-state index in [1.807, 2.05) is 0 Å². The zero-order chi connectivity index (χ0) is 37.8. The maximum absolute atomic E-state index is 5.40. The Balaban J connectivity index is 1.12. The Morgan fingerprint density at radius 2 is 0.911 bits per heavy atom. The number of aromatic nitrogens is 2. The third-order valence-electron chi connectivity index (χ3n) is 12.7. The van der Waals surface area contributed by atoms with Crippen molar-refractivity contribution in [3.05, 3.63) is 192 Å². The van der Waals surface area contributed by atoms with Crippen LogP contribution >= 0.6 is 0 Å². The van der Waals surface area contributed by atoms with Crippen LogP contribution in [0.4, 0.5) is 0 Å². The molecule has 0 amide bonds. The molecule has 266 valence electrons. The van der Waals surface area contributed by atoms with Gasteiger partial charge in [-0.1, -0.05) is 179 Å². The average molecular weight is 717 g/mol. The van der Waals surface area contributed by atoms with Crippen molar-refractivity contribution in [3.8, 4) is 67.3 Å². The monoisotopic (exact) mass is 716 g/mol. The van der Waals surface area contributed by atoms with Gasteiger partial charge in [0.1, 0.15) is 0 Å². The molecular weight excluding hydrogens is 677 g/mol. The number of nitrogens with zero attached hydrogens (tertiary/aromatic N) is 2. The molecule has 0 unspecified atom stereocenters. The molecule has 2 nitrogen and oxygen atoms in total. The van der Waals surface area contributed by atoms with E-state index in [4.69, 9.17) is 9.97 Å². The first kappa shape index (κ1) is 32.8. The fraction of sp³-hybridized carbons (Fsp3) is 0.111. The summed E-state index contributed by atoms with van der Waals surface area (Å²) in [7, 11) is 0. The van der Waals surface area contributed by atoms with Crippen LogP contribution in [0.25, 0.3) is 88.8 Å². The van der Waals surface area contributed by atoms with Crippen LogP contribution in [-0.2, 0) is 10.8 Å². The summed E-state index contributed by atoms with van der Waals surface area (Å²) in [4.78, 5) is 10.7. The van der Waals surface area contributed by atoms with Crippen molar-refractivity contribution in [2.45, 2.75) is 38.5 Å². The normalized spacial score (nSPS) is 14.4. The Bertz CT molecular complexity index is 3080. The first-order chi connectivity index (χ1) is 27.3. The molecule has 56 heavy (non-hydrogen) atoms. The van der Waals surface area contributed by atoms with Crippen molar-refractivity contribution in [1.82, 2.24) is 9.97 Å². The lowest BCUT2D eigenvalue weighted by Crippen LogP contribution is -2.14. The van der Waals surface area contributed by atoms with Gasteiger partial charge in [0, 0.05) is 27.5 Å². The van der Waals surface area contributed by atoms with Crippen LogP contribution in [0.5, 0.6) is 0 Å². The molecule has 2 aliphatic rings. The summed E-state index contributed by atoms with van der Waals surface area (Å²) in [6, 6.07) is 62.0. The predicted octanol–water partition coefficient (Wildman–Crippen LogP) is 14.1. The summed E-state index contributed by atoms with van der Waals surface area (Å²) in [5, 5.41) is 4.91. The van der Waals surface area contributed by atoms with Gasteiger partial charge >= 0.3 is 0 Å². The molecule has 0 saturated carbocycles. The fourth-order valence-electron chi connectivity index (χ4n) is 9.85. The number of benzene rings is 8. The fourth-order valence-corrected chi connectivity index (χ4v) is 9.85. The molecule has 8 aromatic carbocycles. The van der Waals surface area contributed by atoms with Gasteiger partial charge in [-0.2, -0.15) is 0 Å². The first-order valence-electron chi connectivity index (χ1n) is 19.7. The highest BCUT2D eigenvalue weighted by atomic mass is 14.9. The van der Waals surface area contributed by atoms with Crippen LogP contribution in [0.3, 0.4) is 0 Å². The van der Waals surface area contributed by atoms with Gasteiger partial charge in [0.15, 0.2) is 5.82 Å². The molecule has 2 heteroatoms. The first-order valence-corrected chi connectivity index (χ1v) is 19.7. The highest BCUT2D eigenvalue weighted by Gasteiger charge is 2.38. The molecular formula is C54H40N2. The van der Waals surface area contributed by atoms with Crippen LogP contribution in [-0.4, -0.2) is 9.97 Å². The zero-order valence-electron chi connectivity index (χ0n) is 32.1. The van der Waals surface area contributed by atoms with Gasteiger partial charge in [-0.3, -0.25) is 0 Å². The highest BCUT2D eigenvalue weighted by Crippen LogP contribution is 2.55. The average Bonchev–Trinajstić information content (AvgIpc) is 3.63. The molecule has 0 saturated heterocycles. The van der Waals surface area contributed by atoms with Crippen LogP contribution in [0.1, 0.15) is 49.9 Å². The van der Waals surface area contributed by atoms with Crippen LogP contribution in [0.15, 0.2) is 170 Å². The van der Waals surface area contributed by atoms with Gasteiger partial charge in [0.25, 0.3) is 0 Å². The van der Waals surface area contributed by atoms with Crippen molar-refractivity contribution in [3.63, 3.8) is 0 Å². The van der Waals surface area contributed by atoms with E-state index in [1.165, 1.54) is 71.8 Å². The van der Waals surface area contributed by atoms with E-state index in [-0.39, 0.29) is 10.8 Å². The Morgan fingerprint density at radius 3 is 1.73 bits per heavy atom. The summed E-state index contributed by atoms with van der Waals surface area (Å²) in [6.07, 6.45) is 0. The molecule has 0 fully saturated rings. The number of fused-ring (bicyclic) bond motifs is 9. The summed E-state index contributed by atoms with van der Waals surface area (Å²) in [5.74, 6) is 0.723. The van der Waals surface area contributed by atoms with E-state index < -0.39 is 0 Å². The molecule has 2 aliphatic carbocycles. The Morgan fingerprint density at radius 1 is 0.339 bits per heavy atom. The Kier molecular flexibility index (Phi) is 6.98. The van der Waals surface area contributed by atoms with Crippen molar-refractivity contribution >= 4 is 21.5 Å². The largest absolute Gasteiger partial charge is 0.228 e. The summed E-state index contributed by atoms with van der Waals surface area (Å²) >= 11 is 0. The van der Waals surface area contributed by atoms with Gasteiger partial charge in [-0.05, 0) is 95.4 Å². The minimum Gasteiger partial charge on any atom is -0.228 e. The Hall–Kier alpha value is -6.64. The number of rotatable bonds is 4. The second kappa shape index (κ2) is 11.9. The minimum atomic E-state index is -0.113. The second-order valence-electron chi connectivity index (χ2n) is 16.5. The van der Waals surface area contributed by atoms with Gasteiger partial charge < -0.3 is 0 Å². The SMILES string of the molecule is CC1(C)c2ccccc2-c2cc(-c3cc(-c4ccccc4)nc(-c4ccc(-c5cccc6c5-c5c(ccc7ccccc57)C6(C)C)c5ccccc45)n3)ccc21. The Labute approximate surface area is 328 Å². The van der Waals surface area contributed by atoms with Crippen LogP contribution in [0, 0.1) is 0 Å². The smallest absolute Gasteiger partial charge is 0.161 e. The quantitative estimate of drug-likeness (QED) is 0.181. The third kappa shape index (κ3) is 4.69. The van der Waals surface area contributed by atoms with E-state index in [0.717, 1.165) is 39.3 Å². The number of hydrogen-bond acceptors (Lipinski definition) is 2. The van der Waals surface area contributed by atoms with E-state index in [1.54, 1.807) is 0 Å². The maximum atomic E-state index is 5.40. The second-order valence-corrected chi connectivity index (χ2v) is 16.5.